The van der Waals surface area contributed by atoms with Gasteiger partial charge < -0.3 is 0 Å². The second-order valence-electron chi connectivity index (χ2n) is 12.8. The first-order valence-electron chi connectivity index (χ1n) is 18.3. The SMILES string of the molecule is CCCCCCCCCCCCCCCC(CCCCCC)CCCCCCCCCCCCCCC. The first-order valence-corrected chi connectivity index (χ1v) is 18.3. The molecule has 0 radical (unpaired) electrons. The first-order chi connectivity index (χ1) is 18.3. The first kappa shape index (κ1) is 37.0. The average Bonchev–Trinajstić information content (AvgIpc) is 2.91. The highest BCUT2D eigenvalue weighted by Gasteiger charge is 2.08. The van der Waals surface area contributed by atoms with E-state index in [0.29, 0.717) is 0 Å². The van der Waals surface area contributed by atoms with Crippen LogP contribution in [-0.4, -0.2) is 0 Å². The van der Waals surface area contributed by atoms with Crippen molar-refractivity contribution in [1.29, 1.82) is 0 Å². The van der Waals surface area contributed by atoms with E-state index >= 15 is 0 Å². The Labute approximate surface area is 238 Å². The highest BCUT2D eigenvalue weighted by Crippen LogP contribution is 2.25. The maximum atomic E-state index is 2.35. The minimum atomic E-state index is 1.04. The van der Waals surface area contributed by atoms with Gasteiger partial charge in [0.25, 0.3) is 0 Å². The van der Waals surface area contributed by atoms with Crippen LogP contribution in [0.4, 0.5) is 0 Å². The van der Waals surface area contributed by atoms with Gasteiger partial charge in [-0.25, -0.2) is 0 Å². The molecule has 0 bridgehead atoms. The Morgan fingerprint density at radius 2 is 0.378 bits per heavy atom. The van der Waals surface area contributed by atoms with Gasteiger partial charge in [0, 0.05) is 0 Å². The summed E-state index contributed by atoms with van der Waals surface area (Å²) in [5.74, 6) is 1.04. The molecular weight excluding hydrogens is 444 g/mol. The van der Waals surface area contributed by atoms with Gasteiger partial charge in [0.15, 0.2) is 0 Å². The van der Waals surface area contributed by atoms with Crippen LogP contribution in [0.1, 0.15) is 233 Å². The smallest absolute Gasteiger partial charge is 0.0414 e. The van der Waals surface area contributed by atoms with Gasteiger partial charge in [0.05, 0.1) is 0 Å². The highest BCUT2D eigenvalue weighted by atomic mass is 14.1. The lowest BCUT2D eigenvalue weighted by Crippen LogP contribution is -2.01. The molecule has 0 aliphatic rings. The minimum Gasteiger partial charge on any atom is -0.0654 e. The zero-order valence-electron chi connectivity index (χ0n) is 26.9. The summed E-state index contributed by atoms with van der Waals surface area (Å²) in [6, 6.07) is 0. The van der Waals surface area contributed by atoms with Crippen LogP contribution in [0.3, 0.4) is 0 Å². The maximum Gasteiger partial charge on any atom is -0.0414 e. The summed E-state index contributed by atoms with van der Waals surface area (Å²) in [5.41, 5.74) is 0. The van der Waals surface area contributed by atoms with E-state index in [4.69, 9.17) is 0 Å². The molecule has 0 fully saturated rings. The lowest BCUT2D eigenvalue weighted by molar-refractivity contribution is 0.366. The van der Waals surface area contributed by atoms with Crippen molar-refractivity contribution in [3.63, 3.8) is 0 Å². The van der Waals surface area contributed by atoms with Gasteiger partial charge in [-0.2, -0.15) is 0 Å². The van der Waals surface area contributed by atoms with Crippen molar-refractivity contribution in [2.75, 3.05) is 0 Å². The van der Waals surface area contributed by atoms with Gasteiger partial charge >= 0.3 is 0 Å². The third kappa shape index (κ3) is 32.1. The molecule has 0 amide bonds. The molecule has 37 heavy (non-hydrogen) atoms. The van der Waals surface area contributed by atoms with Crippen molar-refractivity contribution in [1.82, 2.24) is 0 Å². The maximum absolute atomic E-state index is 2.35. The highest BCUT2D eigenvalue weighted by molar-refractivity contribution is 4.62. The Kier molecular flexibility index (Phi) is 34.0. The quantitative estimate of drug-likeness (QED) is 0.0754. The van der Waals surface area contributed by atoms with Gasteiger partial charge in [-0.15, -0.1) is 0 Å². The Morgan fingerprint density at radius 1 is 0.216 bits per heavy atom. The van der Waals surface area contributed by atoms with Crippen molar-refractivity contribution in [3.8, 4) is 0 Å². The molecule has 0 unspecified atom stereocenters. The number of hydrogen-bond acceptors (Lipinski definition) is 0. The van der Waals surface area contributed by atoms with E-state index in [1.807, 2.05) is 0 Å². The second kappa shape index (κ2) is 34.0. The normalized spacial score (nSPS) is 11.7. The molecule has 0 heteroatoms. The number of rotatable bonds is 33. The van der Waals surface area contributed by atoms with Crippen molar-refractivity contribution in [3.05, 3.63) is 0 Å². The Balaban J connectivity index is 3.64. The molecule has 0 saturated carbocycles. The molecule has 0 atom stereocenters. The largest absolute Gasteiger partial charge is 0.0654 e. The predicted molar refractivity (Wildman–Crippen MR) is 173 cm³/mol. The summed E-state index contributed by atoms with van der Waals surface area (Å²) < 4.78 is 0. The zero-order chi connectivity index (χ0) is 26.9. The topological polar surface area (TPSA) is 0 Å². The van der Waals surface area contributed by atoms with E-state index in [0.717, 1.165) is 5.92 Å². The monoisotopic (exact) mass is 521 g/mol. The molecule has 0 aliphatic carbocycles. The van der Waals surface area contributed by atoms with Crippen LogP contribution in [0.25, 0.3) is 0 Å². The third-order valence-electron chi connectivity index (χ3n) is 8.90. The molecule has 0 nitrogen and oxygen atoms in total. The number of unbranched alkanes of at least 4 members (excludes halogenated alkanes) is 27. The fourth-order valence-corrected chi connectivity index (χ4v) is 6.19. The summed E-state index contributed by atoms with van der Waals surface area (Å²) in [4.78, 5) is 0. The molecule has 224 valence electrons. The van der Waals surface area contributed by atoms with Crippen LogP contribution in [0, 0.1) is 5.92 Å². The van der Waals surface area contributed by atoms with Gasteiger partial charge in [0.1, 0.15) is 0 Å². The molecule has 0 aliphatic heterocycles. The fraction of sp³-hybridized carbons (Fsp3) is 1.00. The van der Waals surface area contributed by atoms with Gasteiger partial charge in [0.2, 0.25) is 0 Å². The molecule has 0 rings (SSSR count). The van der Waals surface area contributed by atoms with E-state index in [9.17, 15) is 0 Å². The minimum absolute atomic E-state index is 1.04. The van der Waals surface area contributed by atoms with Gasteiger partial charge in [-0.1, -0.05) is 233 Å². The molecule has 0 saturated heterocycles. The Morgan fingerprint density at radius 3 is 0.595 bits per heavy atom. The van der Waals surface area contributed by atoms with E-state index in [1.165, 1.54) is 212 Å². The van der Waals surface area contributed by atoms with E-state index in [1.54, 1.807) is 0 Å². The lowest BCUT2D eigenvalue weighted by atomic mass is 9.89. The summed E-state index contributed by atoms with van der Waals surface area (Å²) >= 11 is 0. The van der Waals surface area contributed by atoms with Crippen molar-refractivity contribution < 1.29 is 0 Å². The van der Waals surface area contributed by atoms with E-state index in [2.05, 4.69) is 20.8 Å². The summed E-state index contributed by atoms with van der Waals surface area (Å²) in [6.07, 6.45) is 48.8. The molecule has 0 aromatic carbocycles. The standard InChI is InChI=1S/C37H76/c1-4-7-10-13-15-17-19-21-23-25-27-29-32-35-37(34-31-12-9-6-3)36-33-30-28-26-24-22-20-18-16-14-11-8-5-2/h37H,4-36H2,1-3H3. The lowest BCUT2D eigenvalue weighted by Gasteiger charge is -2.17. The molecule has 0 spiro atoms. The van der Waals surface area contributed by atoms with Crippen LogP contribution in [0.2, 0.25) is 0 Å². The van der Waals surface area contributed by atoms with Crippen LogP contribution < -0.4 is 0 Å². The molecule has 0 N–H and O–H groups in total. The second-order valence-corrected chi connectivity index (χ2v) is 12.8. The van der Waals surface area contributed by atoms with Crippen LogP contribution in [0.5, 0.6) is 0 Å². The van der Waals surface area contributed by atoms with Crippen molar-refractivity contribution in [2.24, 2.45) is 5.92 Å². The Hall–Kier alpha value is 0. The third-order valence-corrected chi connectivity index (χ3v) is 8.90. The Bertz CT molecular complexity index is 342. The molecular formula is C37H76. The van der Waals surface area contributed by atoms with E-state index in [-0.39, 0.29) is 0 Å². The van der Waals surface area contributed by atoms with Crippen LogP contribution in [-0.2, 0) is 0 Å². The summed E-state index contributed by atoms with van der Waals surface area (Å²) in [5, 5.41) is 0. The fourth-order valence-electron chi connectivity index (χ4n) is 6.19. The predicted octanol–water partition coefficient (Wildman–Crippen LogP) is 14.5. The molecule has 0 aromatic heterocycles. The van der Waals surface area contributed by atoms with Crippen molar-refractivity contribution in [2.45, 2.75) is 233 Å². The zero-order valence-corrected chi connectivity index (χ0v) is 26.9. The van der Waals surface area contributed by atoms with Crippen LogP contribution >= 0.6 is 0 Å². The summed E-state index contributed by atoms with van der Waals surface area (Å²) in [7, 11) is 0. The molecule has 0 heterocycles. The van der Waals surface area contributed by atoms with Crippen molar-refractivity contribution >= 4 is 0 Å². The number of hydrogen-bond donors (Lipinski definition) is 0. The summed E-state index contributed by atoms with van der Waals surface area (Å²) in [6.45, 7) is 6.97. The van der Waals surface area contributed by atoms with Crippen LogP contribution in [0.15, 0.2) is 0 Å². The van der Waals surface area contributed by atoms with E-state index < -0.39 is 0 Å². The van der Waals surface area contributed by atoms with Gasteiger partial charge in [-0.05, 0) is 5.92 Å². The van der Waals surface area contributed by atoms with Gasteiger partial charge in [-0.3, -0.25) is 0 Å². The molecule has 0 aromatic rings. The average molecular weight is 521 g/mol.